The van der Waals surface area contributed by atoms with Crippen molar-refractivity contribution >= 4 is 27.5 Å². The van der Waals surface area contributed by atoms with Gasteiger partial charge in [-0.2, -0.15) is 5.10 Å². The summed E-state index contributed by atoms with van der Waals surface area (Å²) in [5.41, 5.74) is 7.71. The molecule has 1 heterocycles. The first-order valence-corrected chi connectivity index (χ1v) is 6.16. The maximum atomic E-state index is 11.9. The Morgan fingerprint density at radius 3 is 2.89 bits per heavy atom. The van der Waals surface area contributed by atoms with Crippen LogP contribution in [0.1, 0.15) is 16.1 Å². The number of amides is 1. The van der Waals surface area contributed by atoms with Gasteiger partial charge in [0, 0.05) is 29.0 Å². The zero-order chi connectivity index (χ0) is 13.1. The summed E-state index contributed by atoms with van der Waals surface area (Å²) in [5.74, 6) is -0.163. The number of hydrogen-bond donors (Lipinski definition) is 2. The predicted molar refractivity (Wildman–Crippen MR) is 72.9 cm³/mol. The smallest absolute Gasteiger partial charge is 0.251 e. The van der Waals surface area contributed by atoms with Crippen LogP contribution >= 0.6 is 15.9 Å². The fourth-order valence-corrected chi connectivity index (χ4v) is 2.10. The molecule has 6 heteroatoms. The van der Waals surface area contributed by atoms with Crippen molar-refractivity contribution in [2.75, 3.05) is 5.73 Å². The quantitative estimate of drug-likeness (QED) is 0.848. The van der Waals surface area contributed by atoms with Crippen LogP contribution in [-0.4, -0.2) is 15.7 Å². The fraction of sp³-hybridized carbons (Fsp3) is 0.167. The number of halogens is 1. The molecule has 0 aliphatic carbocycles. The van der Waals surface area contributed by atoms with E-state index >= 15 is 0 Å². The molecule has 0 atom stereocenters. The molecule has 2 aromatic rings. The van der Waals surface area contributed by atoms with Gasteiger partial charge in [0.2, 0.25) is 0 Å². The monoisotopic (exact) mass is 308 g/mol. The van der Waals surface area contributed by atoms with Crippen LogP contribution in [0, 0.1) is 0 Å². The van der Waals surface area contributed by atoms with Gasteiger partial charge in [-0.05, 0) is 24.3 Å². The molecule has 3 N–H and O–H groups in total. The Bertz CT molecular complexity index is 559. The normalized spacial score (nSPS) is 10.3. The van der Waals surface area contributed by atoms with Gasteiger partial charge in [0.05, 0.1) is 12.2 Å². The molecule has 1 aromatic heterocycles. The van der Waals surface area contributed by atoms with Gasteiger partial charge >= 0.3 is 0 Å². The summed E-state index contributed by atoms with van der Waals surface area (Å²) in [6.07, 6.45) is 1.69. The standard InChI is InChI=1S/C12H13BrN4O/c1-17-11(2-3-16-17)7-15-12(18)8-4-9(13)6-10(14)5-8/h2-6H,7,14H2,1H3,(H,15,18). The Balaban J connectivity index is 2.06. The van der Waals surface area contributed by atoms with Crippen molar-refractivity contribution in [1.82, 2.24) is 15.1 Å². The molecular weight excluding hydrogens is 296 g/mol. The minimum Gasteiger partial charge on any atom is -0.399 e. The van der Waals surface area contributed by atoms with Crippen LogP contribution in [0.2, 0.25) is 0 Å². The molecule has 94 valence electrons. The van der Waals surface area contributed by atoms with Crippen molar-refractivity contribution < 1.29 is 4.79 Å². The number of aryl methyl sites for hydroxylation is 1. The average molecular weight is 309 g/mol. The van der Waals surface area contributed by atoms with Crippen molar-refractivity contribution in [2.45, 2.75) is 6.54 Å². The number of anilines is 1. The molecule has 0 radical (unpaired) electrons. The van der Waals surface area contributed by atoms with Gasteiger partial charge in [-0.1, -0.05) is 15.9 Å². The maximum absolute atomic E-state index is 11.9. The van der Waals surface area contributed by atoms with E-state index in [0.29, 0.717) is 17.8 Å². The Kier molecular flexibility index (Phi) is 3.66. The molecule has 1 aromatic carbocycles. The van der Waals surface area contributed by atoms with E-state index in [9.17, 15) is 4.79 Å². The van der Waals surface area contributed by atoms with Gasteiger partial charge < -0.3 is 11.1 Å². The number of benzene rings is 1. The SMILES string of the molecule is Cn1nccc1CNC(=O)c1cc(N)cc(Br)c1. The van der Waals surface area contributed by atoms with Crippen LogP contribution in [0.25, 0.3) is 0 Å². The number of hydrogen-bond acceptors (Lipinski definition) is 3. The molecular formula is C12H13BrN4O. The van der Waals surface area contributed by atoms with E-state index in [1.165, 1.54) is 0 Å². The molecule has 0 spiro atoms. The van der Waals surface area contributed by atoms with Crippen LogP contribution in [0.15, 0.2) is 34.9 Å². The zero-order valence-electron chi connectivity index (χ0n) is 9.85. The second-order valence-corrected chi connectivity index (χ2v) is 4.82. The number of carbonyl (C=O) groups is 1. The van der Waals surface area contributed by atoms with Crippen molar-refractivity contribution in [3.05, 3.63) is 46.2 Å². The summed E-state index contributed by atoms with van der Waals surface area (Å²) in [4.78, 5) is 11.9. The van der Waals surface area contributed by atoms with E-state index in [-0.39, 0.29) is 5.91 Å². The van der Waals surface area contributed by atoms with Crippen LogP contribution < -0.4 is 11.1 Å². The van der Waals surface area contributed by atoms with Gasteiger partial charge in [0.15, 0.2) is 0 Å². The largest absolute Gasteiger partial charge is 0.399 e. The van der Waals surface area contributed by atoms with E-state index in [0.717, 1.165) is 10.2 Å². The molecule has 0 bridgehead atoms. The van der Waals surface area contributed by atoms with Gasteiger partial charge in [-0.25, -0.2) is 0 Å². The van der Waals surface area contributed by atoms with E-state index < -0.39 is 0 Å². The van der Waals surface area contributed by atoms with Crippen LogP contribution in [-0.2, 0) is 13.6 Å². The minimum absolute atomic E-state index is 0.163. The van der Waals surface area contributed by atoms with E-state index in [1.54, 1.807) is 29.1 Å². The second-order valence-electron chi connectivity index (χ2n) is 3.90. The van der Waals surface area contributed by atoms with Crippen molar-refractivity contribution in [2.24, 2.45) is 7.05 Å². The molecule has 1 amide bonds. The third-order valence-electron chi connectivity index (χ3n) is 2.53. The number of nitrogens with two attached hydrogens (primary N) is 1. The highest BCUT2D eigenvalue weighted by Gasteiger charge is 2.08. The lowest BCUT2D eigenvalue weighted by Crippen LogP contribution is -2.24. The lowest BCUT2D eigenvalue weighted by molar-refractivity contribution is 0.0950. The first-order chi connectivity index (χ1) is 8.56. The Morgan fingerprint density at radius 1 is 1.50 bits per heavy atom. The Morgan fingerprint density at radius 2 is 2.28 bits per heavy atom. The van der Waals surface area contributed by atoms with Crippen LogP contribution in [0.4, 0.5) is 5.69 Å². The average Bonchev–Trinajstić information content (AvgIpc) is 2.70. The van der Waals surface area contributed by atoms with E-state index in [2.05, 4.69) is 26.3 Å². The van der Waals surface area contributed by atoms with Gasteiger partial charge in [0.25, 0.3) is 5.91 Å². The molecule has 0 fully saturated rings. The van der Waals surface area contributed by atoms with Crippen molar-refractivity contribution in [3.8, 4) is 0 Å². The van der Waals surface area contributed by atoms with E-state index in [4.69, 9.17) is 5.73 Å². The van der Waals surface area contributed by atoms with Crippen LogP contribution in [0.3, 0.4) is 0 Å². The van der Waals surface area contributed by atoms with Crippen LogP contribution in [0.5, 0.6) is 0 Å². The predicted octanol–water partition coefficient (Wildman–Crippen LogP) is 1.69. The van der Waals surface area contributed by atoms with Gasteiger partial charge in [-0.3, -0.25) is 9.48 Å². The molecule has 0 aliphatic rings. The minimum atomic E-state index is -0.163. The number of aromatic nitrogens is 2. The van der Waals surface area contributed by atoms with Gasteiger partial charge in [-0.15, -0.1) is 0 Å². The van der Waals surface area contributed by atoms with Crippen molar-refractivity contribution in [3.63, 3.8) is 0 Å². The number of rotatable bonds is 3. The number of carbonyl (C=O) groups excluding carboxylic acids is 1. The Hall–Kier alpha value is -1.82. The number of nitrogen functional groups attached to an aromatic ring is 1. The fourth-order valence-electron chi connectivity index (χ4n) is 1.59. The highest BCUT2D eigenvalue weighted by atomic mass is 79.9. The summed E-state index contributed by atoms with van der Waals surface area (Å²) in [6.45, 7) is 0.432. The third kappa shape index (κ3) is 2.89. The maximum Gasteiger partial charge on any atom is 0.251 e. The molecule has 0 unspecified atom stereocenters. The van der Waals surface area contributed by atoms with E-state index in [1.807, 2.05) is 13.1 Å². The first kappa shape index (κ1) is 12.6. The highest BCUT2D eigenvalue weighted by molar-refractivity contribution is 9.10. The number of nitrogens with zero attached hydrogens (tertiary/aromatic N) is 2. The molecule has 2 rings (SSSR count). The number of nitrogens with one attached hydrogen (secondary N) is 1. The van der Waals surface area contributed by atoms with Gasteiger partial charge in [0.1, 0.15) is 0 Å². The molecule has 5 nitrogen and oxygen atoms in total. The third-order valence-corrected chi connectivity index (χ3v) is 2.99. The zero-order valence-corrected chi connectivity index (χ0v) is 11.4. The Labute approximate surface area is 113 Å². The highest BCUT2D eigenvalue weighted by Crippen LogP contribution is 2.17. The summed E-state index contributed by atoms with van der Waals surface area (Å²) in [6, 6.07) is 6.98. The molecule has 0 aliphatic heterocycles. The summed E-state index contributed by atoms with van der Waals surface area (Å²) in [5, 5.41) is 6.85. The molecule has 18 heavy (non-hydrogen) atoms. The summed E-state index contributed by atoms with van der Waals surface area (Å²) < 4.78 is 2.50. The second kappa shape index (κ2) is 5.22. The first-order valence-electron chi connectivity index (χ1n) is 5.37. The molecule has 0 saturated heterocycles. The lowest BCUT2D eigenvalue weighted by atomic mass is 10.2. The summed E-state index contributed by atoms with van der Waals surface area (Å²) >= 11 is 3.31. The summed E-state index contributed by atoms with van der Waals surface area (Å²) in [7, 11) is 1.83. The van der Waals surface area contributed by atoms with Crippen molar-refractivity contribution in [1.29, 1.82) is 0 Å². The molecule has 0 saturated carbocycles. The topological polar surface area (TPSA) is 72.9 Å². The lowest BCUT2D eigenvalue weighted by Gasteiger charge is -2.07.